The number of esters is 1. The number of fused-ring (bicyclic) bond motifs is 1. The topological polar surface area (TPSA) is 126 Å². The summed E-state index contributed by atoms with van der Waals surface area (Å²) in [7, 11) is 1.25. The number of aryl methyl sites for hydroxylation is 1. The van der Waals surface area contributed by atoms with Crippen LogP contribution in [0.1, 0.15) is 68.5 Å². The van der Waals surface area contributed by atoms with Crippen molar-refractivity contribution in [2.45, 2.75) is 38.9 Å². The normalized spacial score (nSPS) is 15.7. The molecule has 2 atom stereocenters. The van der Waals surface area contributed by atoms with Crippen LogP contribution in [-0.2, 0) is 20.9 Å². The van der Waals surface area contributed by atoms with Gasteiger partial charge in [-0.3, -0.25) is 14.6 Å². The van der Waals surface area contributed by atoms with E-state index in [4.69, 9.17) is 9.47 Å². The molecule has 10 heteroatoms. The van der Waals surface area contributed by atoms with E-state index < -0.39 is 29.5 Å². The van der Waals surface area contributed by atoms with Crippen LogP contribution in [0.2, 0.25) is 0 Å². The number of carbonyl (C=O) groups is 2. The molecule has 3 heterocycles. The summed E-state index contributed by atoms with van der Waals surface area (Å²) in [5.74, 6) is -2.59. The molecular formula is C24H22BrNO7S. The first kappa shape index (κ1) is 24.2. The number of aromatic hydroxyl groups is 3. The maximum absolute atomic E-state index is 12.5. The molecule has 34 heavy (non-hydrogen) atoms. The molecule has 0 unspecified atom stereocenters. The number of thiophene rings is 1. The maximum Gasteiger partial charge on any atom is 0.306 e. The minimum Gasteiger partial charge on any atom is -0.507 e. The highest BCUT2D eigenvalue weighted by Gasteiger charge is 2.36. The average Bonchev–Trinajstić information content (AvgIpc) is 3.42. The molecule has 0 spiro atoms. The fraction of sp³-hybridized carbons (Fsp3) is 0.292. The van der Waals surface area contributed by atoms with Crippen molar-refractivity contribution in [3.63, 3.8) is 0 Å². The fourth-order valence-corrected chi connectivity index (χ4v) is 5.71. The van der Waals surface area contributed by atoms with E-state index in [0.29, 0.717) is 21.7 Å². The molecule has 4 rings (SSSR count). The van der Waals surface area contributed by atoms with Gasteiger partial charge in [0.15, 0.2) is 5.78 Å². The molecule has 1 aliphatic rings. The molecule has 0 fully saturated rings. The number of aromatic nitrogens is 1. The number of phenols is 2. The van der Waals surface area contributed by atoms with Crippen molar-refractivity contribution in [1.29, 1.82) is 0 Å². The van der Waals surface area contributed by atoms with Gasteiger partial charge in [-0.05, 0) is 48.0 Å². The Kier molecular flexibility index (Phi) is 6.66. The Labute approximate surface area is 207 Å². The number of pyridine rings is 1. The van der Waals surface area contributed by atoms with Gasteiger partial charge in [0, 0.05) is 39.2 Å². The molecule has 8 nitrogen and oxygen atoms in total. The Hall–Kier alpha value is -2.95. The summed E-state index contributed by atoms with van der Waals surface area (Å²) in [5.41, 5.74) is 1.67. The number of ether oxygens (including phenoxy) is 2. The van der Waals surface area contributed by atoms with Crippen LogP contribution in [0, 0.1) is 6.92 Å². The maximum atomic E-state index is 12.5. The zero-order valence-electron chi connectivity index (χ0n) is 18.6. The highest BCUT2D eigenvalue weighted by molar-refractivity contribution is 9.11. The number of hydrogen-bond donors (Lipinski definition) is 3. The van der Waals surface area contributed by atoms with Crippen LogP contribution in [-0.4, -0.2) is 39.2 Å². The minimum absolute atomic E-state index is 0.0183. The number of benzene rings is 1. The number of carbonyl (C=O) groups excluding carboxylic acids is 2. The largest absolute Gasteiger partial charge is 0.507 e. The van der Waals surface area contributed by atoms with Gasteiger partial charge >= 0.3 is 5.97 Å². The van der Waals surface area contributed by atoms with Crippen molar-refractivity contribution in [1.82, 2.24) is 4.98 Å². The summed E-state index contributed by atoms with van der Waals surface area (Å²) in [6.45, 7) is 3.09. The second-order valence-corrected chi connectivity index (χ2v) is 10.5. The smallest absolute Gasteiger partial charge is 0.306 e. The van der Waals surface area contributed by atoms with E-state index in [0.717, 1.165) is 3.79 Å². The van der Waals surface area contributed by atoms with Crippen molar-refractivity contribution in [2.75, 3.05) is 7.11 Å². The number of halogens is 1. The molecule has 3 aromatic rings. The molecule has 1 aromatic carbocycles. The van der Waals surface area contributed by atoms with E-state index in [2.05, 4.69) is 20.9 Å². The summed E-state index contributed by atoms with van der Waals surface area (Å²) >= 11 is 4.73. The lowest BCUT2D eigenvalue weighted by molar-refractivity contribution is -0.140. The van der Waals surface area contributed by atoms with Gasteiger partial charge in [0.05, 0.1) is 35.2 Å². The van der Waals surface area contributed by atoms with Gasteiger partial charge in [0.1, 0.15) is 23.4 Å². The van der Waals surface area contributed by atoms with E-state index in [1.807, 2.05) is 0 Å². The van der Waals surface area contributed by atoms with Crippen LogP contribution in [0.4, 0.5) is 0 Å². The molecule has 178 valence electrons. The van der Waals surface area contributed by atoms with Gasteiger partial charge in [-0.2, -0.15) is 0 Å². The first-order chi connectivity index (χ1) is 16.1. The second kappa shape index (κ2) is 9.36. The van der Waals surface area contributed by atoms with Gasteiger partial charge in [0.2, 0.25) is 0 Å². The summed E-state index contributed by atoms with van der Waals surface area (Å²) in [6, 6.07) is 4.92. The molecule has 0 bridgehead atoms. The number of nitrogens with zero attached hydrogens (tertiary/aromatic N) is 1. The third kappa shape index (κ3) is 4.17. The number of methoxy groups -OCH3 is 1. The quantitative estimate of drug-likeness (QED) is 0.295. The summed E-state index contributed by atoms with van der Waals surface area (Å²) in [6.07, 6.45) is 0.516. The fourth-order valence-electron chi connectivity index (χ4n) is 4.18. The van der Waals surface area contributed by atoms with Gasteiger partial charge in [0.25, 0.3) is 0 Å². The monoisotopic (exact) mass is 547 g/mol. The molecule has 2 aromatic heterocycles. The Morgan fingerprint density at radius 2 is 2.00 bits per heavy atom. The second-order valence-electron chi connectivity index (χ2n) is 7.98. The third-order valence-corrected chi connectivity index (χ3v) is 7.65. The number of rotatable bonds is 6. The summed E-state index contributed by atoms with van der Waals surface area (Å²) in [5, 5.41) is 33.2. The lowest BCUT2D eigenvalue weighted by Gasteiger charge is -2.23. The average molecular weight is 548 g/mol. The van der Waals surface area contributed by atoms with Crippen molar-refractivity contribution in [3.05, 3.63) is 66.6 Å². The highest BCUT2D eigenvalue weighted by atomic mass is 79.9. The predicted molar refractivity (Wildman–Crippen MR) is 128 cm³/mol. The Morgan fingerprint density at radius 3 is 2.62 bits per heavy atom. The van der Waals surface area contributed by atoms with E-state index in [1.54, 1.807) is 25.3 Å². The van der Waals surface area contributed by atoms with Crippen molar-refractivity contribution >= 4 is 39.0 Å². The molecular weight excluding hydrogens is 526 g/mol. The summed E-state index contributed by atoms with van der Waals surface area (Å²) in [4.78, 5) is 29.6. The van der Waals surface area contributed by atoms with Crippen LogP contribution in [0.15, 0.2) is 28.2 Å². The Balaban J connectivity index is 1.97. The number of ketones is 1. The first-order valence-electron chi connectivity index (χ1n) is 10.3. The molecule has 0 aliphatic carbocycles. The van der Waals surface area contributed by atoms with Gasteiger partial charge in [-0.25, -0.2) is 0 Å². The lowest BCUT2D eigenvalue weighted by atomic mass is 9.85. The number of Topliss-reactive ketones (excluding diaryl/α,β-unsaturated/α-hetero) is 1. The lowest BCUT2D eigenvalue weighted by Crippen LogP contribution is -2.13. The van der Waals surface area contributed by atoms with E-state index in [9.17, 15) is 24.9 Å². The van der Waals surface area contributed by atoms with E-state index in [1.165, 1.54) is 31.4 Å². The Bertz CT molecular complexity index is 1300. The predicted octanol–water partition coefficient (Wildman–Crippen LogP) is 4.85. The van der Waals surface area contributed by atoms with Crippen LogP contribution < -0.4 is 0 Å². The van der Waals surface area contributed by atoms with Gasteiger partial charge in [-0.1, -0.05) is 0 Å². The van der Waals surface area contributed by atoms with Gasteiger partial charge in [-0.15, -0.1) is 11.3 Å². The van der Waals surface area contributed by atoms with Crippen LogP contribution in [0.5, 0.6) is 17.2 Å². The Morgan fingerprint density at radius 1 is 1.26 bits per heavy atom. The van der Waals surface area contributed by atoms with E-state index in [-0.39, 0.29) is 41.2 Å². The number of phenolic OH excluding ortho intramolecular Hbond substituents is 2. The van der Waals surface area contributed by atoms with Gasteiger partial charge < -0.3 is 24.8 Å². The number of hydrogen-bond acceptors (Lipinski definition) is 9. The van der Waals surface area contributed by atoms with E-state index >= 15 is 0 Å². The molecule has 3 N–H and O–H groups in total. The molecule has 1 aliphatic heterocycles. The first-order valence-corrected chi connectivity index (χ1v) is 12.0. The standard InChI is InChI=1S/C24H22BrNO7S/c1-10-21(29)19-12(8-26-10)9-33-24(19)15-6-13(11(2)27)22(30)20(23(15)31)14(7-18(28)32-3)16-4-5-17(25)34-16/h4-6,8,14,24,29-31H,7,9H2,1-3H3/t14-,24+/m0/s1. The SMILES string of the molecule is COC(=O)C[C@@H](c1ccc(Br)s1)c1c(O)c(C(C)=O)cc([C@H]2OCc3cnc(C)c(O)c32)c1O. The molecule has 0 amide bonds. The third-order valence-electron chi connectivity index (χ3n) is 5.91. The zero-order valence-corrected chi connectivity index (χ0v) is 21.0. The van der Waals surface area contributed by atoms with Crippen molar-refractivity contribution < 1.29 is 34.4 Å². The van der Waals surface area contributed by atoms with Crippen LogP contribution in [0.3, 0.4) is 0 Å². The minimum atomic E-state index is -0.900. The van der Waals surface area contributed by atoms with Crippen molar-refractivity contribution in [3.8, 4) is 17.2 Å². The van der Waals surface area contributed by atoms with Crippen molar-refractivity contribution in [2.24, 2.45) is 0 Å². The molecule has 0 saturated carbocycles. The highest BCUT2D eigenvalue weighted by Crippen LogP contribution is 2.51. The molecule has 0 radical (unpaired) electrons. The summed E-state index contributed by atoms with van der Waals surface area (Å²) < 4.78 is 11.5. The van der Waals surface area contributed by atoms with Crippen LogP contribution in [0.25, 0.3) is 0 Å². The molecule has 0 saturated heterocycles. The zero-order chi connectivity index (χ0) is 24.7. The van der Waals surface area contributed by atoms with Crippen LogP contribution >= 0.6 is 27.3 Å².